The zero-order valence-corrected chi connectivity index (χ0v) is 22.3. The minimum absolute atomic E-state index is 0.0290. The summed E-state index contributed by atoms with van der Waals surface area (Å²) in [5.41, 5.74) is 2.29. The van der Waals surface area contributed by atoms with Gasteiger partial charge < -0.3 is 19.7 Å². The lowest BCUT2D eigenvalue weighted by molar-refractivity contribution is -0.130. The summed E-state index contributed by atoms with van der Waals surface area (Å²) >= 11 is 16.5. The highest BCUT2D eigenvalue weighted by atomic mass is 79.9. The average molecular weight is 586 g/mol. The van der Waals surface area contributed by atoms with E-state index in [1.165, 1.54) is 19.1 Å². The molecule has 35 heavy (non-hydrogen) atoms. The van der Waals surface area contributed by atoms with Crippen LogP contribution in [-0.2, 0) is 25.7 Å². The fourth-order valence-electron chi connectivity index (χ4n) is 3.23. The molecule has 2 amide bonds. The van der Waals surface area contributed by atoms with Crippen LogP contribution in [0.5, 0.6) is 5.75 Å². The molecule has 1 N–H and O–H groups in total. The number of nitrogens with zero attached hydrogens (tertiary/aromatic N) is 3. The summed E-state index contributed by atoms with van der Waals surface area (Å²) in [6, 6.07) is 6.81. The lowest BCUT2D eigenvalue weighted by Crippen LogP contribution is -2.35. The molecular weight excluding hydrogens is 563 g/mol. The first-order valence-corrected chi connectivity index (χ1v) is 12.0. The van der Waals surface area contributed by atoms with Gasteiger partial charge in [-0.05, 0) is 47.1 Å². The van der Waals surface area contributed by atoms with Gasteiger partial charge in [0.05, 0.1) is 29.4 Å². The number of Topliss-reactive ketones (excluding diaryl/α,β-unsaturated/α-hetero) is 1. The van der Waals surface area contributed by atoms with Crippen molar-refractivity contribution >= 4 is 68.1 Å². The van der Waals surface area contributed by atoms with Gasteiger partial charge in [-0.2, -0.15) is 0 Å². The number of halogens is 3. The van der Waals surface area contributed by atoms with Gasteiger partial charge in [-0.1, -0.05) is 23.2 Å². The minimum atomic E-state index is -0.491. The van der Waals surface area contributed by atoms with Crippen molar-refractivity contribution in [2.45, 2.75) is 20.0 Å². The number of benzene rings is 1. The van der Waals surface area contributed by atoms with Crippen LogP contribution >= 0.6 is 39.1 Å². The van der Waals surface area contributed by atoms with E-state index >= 15 is 0 Å². The molecule has 0 bridgehead atoms. The number of carbonyl (C=O) groups is 3. The quantitative estimate of drug-likeness (QED) is 0.361. The zero-order valence-electron chi connectivity index (χ0n) is 19.2. The predicted octanol–water partition coefficient (Wildman–Crippen LogP) is 3.98. The number of methoxy groups -OCH3 is 1. The van der Waals surface area contributed by atoms with Gasteiger partial charge in [0.1, 0.15) is 17.8 Å². The number of ether oxygens (including phenoxy) is 2. The minimum Gasteiger partial charge on any atom is -0.485 e. The molecular formula is C23H23BrCl2N4O5. The van der Waals surface area contributed by atoms with Gasteiger partial charge in [0.25, 0.3) is 0 Å². The first kappa shape index (κ1) is 26.9. The van der Waals surface area contributed by atoms with E-state index in [2.05, 4.69) is 31.0 Å². The number of nitrogens with one attached hydrogen (secondary N) is 1. The van der Waals surface area contributed by atoms with Crippen molar-refractivity contribution in [1.29, 1.82) is 0 Å². The molecule has 0 atom stereocenters. The molecule has 0 aliphatic carbocycles. The van der Waals surface area contributed by atoms with Gasteiger partial charge in [0.2, 0.25) is 11.8 Å². The Kier molecular flexibility index (Phi) is 9.12. The lowest BCUT2D eigenvalue weighted by Gasteiger charge is -2.21. The number of aryl methyl sites for hydroxylation is 1. The molecule has 2 heterocycles. The SMILES string of the molecule is COCC(=O)NCC(=O)CC(=O)N(C)c1ccc(Cl)c(COc2cccn3c(Br)c(C)nc23)c1Cl. The molecule has 0 aliphatic heterocycles. The second-order valence-electron chi connectivity index (χ2n) is 7.58. The van der Waals surface area contributed by atoms with Crippen molar-refractivity contribution in [2.24, 2.45) is 0 Å². The molecule has 186 valence electrons. The topological polar surface area (TPSA) is 102 Å². The van der Waals surface area contributed by atoms with Gasteiger partial charge in [0.15, 0.2) is 17.2 Å². The Hall–Kier alpha value is -2.66. The lowest BCUT2D eigenvalue weighted by atomic mass is 10.1. The molecule has 1 aromatic carbocycles. The second-order valence-corrected chi connectivity index (χ2v) is 9.12. The molecule has 2 aromatic heterocycles. The maximum Gasteiger partial charge on any atom is 0.246 e. The van der Waals surface area contributed by atoms with Crippen molar-refractivity contribution in [3.8, 4) is 5.75 Å². The molecule has 0 saturated carbocycles. The summed E-state index contributed by atoms with van der Waals surface area (Å²) in [7, 11) is 2.87. The van der Waals surface area contributed by atoms with Gasteiger partial charge in [-0.15, -0.1) is 0 Å². The largest absolute Gasteiger partial charge is 0.485 e. The highest BCUT2D eigenvalue weighted by Gasteiger charge is 2.21. The number of anilines is 1. The van der Waals surface area contributed by atoms with Crippen LogP contribution in [0.4, 0.5) is 5.69 Å². The Labute approximate surface area is 220 Å². The van der Waals surface area contributed by atoms with E-state index in [1.54, 1.807) is 18.2 Å². The Morgan fingerprint density at radius 3 is 2.69 bits per heavy atom. The molecule has 0 unspecified atom stereocenters. The molecule has 3 aromatic rings. The van der Waals surface area contributed by atoms with E-state index < -0.39 is 24.0 Å². The fraction of sp³-hybridized carbons (Fsp3) is 0.304. The van der Waals surface area contributed by atoms with Crippen LogP contribution in [-0.4, -0.2) is 54.3 Å². The maximum atomic E-state index is 12.7. The average Bonchev–Trinajstić information content (AvgIpc) is 3.11. The van der Waals surface area contributed by atoms with Crippen LogP contribution in [0.1, 0.15) is 17.7 Å². The number of carbonyl (C=O) groups excluding carboxylic acids is 3. The molecule has 0 aliphatic rings. The molecule has 3 rings (SSSR count). The van der Waals surface area contributed by atoms with E-state index in [9.17, 15) is 14.4 Å². The van der Waals surface area contributed by atoms with E-state index in [-0.39, 0.29) is 24.8 Å². The van der Waals surface area contributed by atoms with Crippen LogP contribution in [0.3, 0.4) is 0 Å². The molecule has 0 radical (unpaired) electrons. The zero-order chi connectivity index (χ0) is 25.7. The number of pyridine rings is 1. The Bertz CT molecular complexity index is 1280. The Balaban J connectivity index is 1.73. The number of hydrogen-bond donors (Lipinski definition) is 1. The number of aromatic nitrogens is 2. The summed E-state index contributed by atoms with van der Waals surface area (Å²) in [5, 5.41) is 2.98. The van der Waals surface area contributed by atoms with Crippen LogP contribution in [0, 0.1) is 6.92 Å². The van der Waals surface area contributed by atoms with Gasteiger partial charge in [-0.25, -0.2) is 4.98 Å². The maximum absolute atomic E-state index is 12.7. The predicted molar refractivity (Wildman–Crippen MR) is 136 cm³/mol. The highest BCUT2D eigenvalue weighted by molar-refractivity contribution is 9.10. The van der Waals surface area contributed by atoms with E-state index in [4.69, 9.17) is 27.9 Å². The van der Waals surface area contributed by atoms with Crippen molar-refractivity contribution in [3.63, 3.8) is 0 Å². The van der Waals surface area contributed by atoms with Crippen LogP contribution in [0.25, 0.3) is 5.65 Å². The van der Waals surface area contributed by atoms with Crippen molar-refractivity contribution in [1.82, 2.24) is 14.7 Å². The summed E-state index contributed by atoms with van der Waals surface area (Å²) in [6.07, 6.45) is 1.45. The van der Waals surface area contributed by atoms with Crippen molar-refractivity contribution in [2.75, 3.05) is 32.2 Å². The third-order valence-electron chi connectivity index (χ3n) is 5.09. The number of hydrogen-bond acceptors (Lipinski definition) is 6. The van der Waals surface area contributed by atoms with E-state index in [0.29, 0.717) is 27.7 Å². The van der Waals surface area contributed by atoms with Gasteiger partial charge in [0, 0.05) is 30.9 Å². The number of amides is 2. The Morgan fingerprint density at radius 2 is 1.97 bits per heavy atom. The normalized spacial score (nSPS) is 10.9. The third-order valence-corrected chi connectivity index (χ3v) is 6.83. The summed E-state index contributed by atoms with van der Waals surface area (Å²) in [6.45, 7) is 1.47. The van der Waals surface area contributed by atoms with Crippen LogP contribution < -0.4 is 15.0 Å². The standard InChI is InChI=1S/C23H23BrCl2N4O5/c1-13-22(24)30-8-4-5-18(23(30)28-13)35-11-15-16(25)6-7-17(21(15)26)29(2)20(33)9-14(31)10-27-19(32)12-34-3/h4-8H,9-12H2,1-3H3,(H,27,32). The van der Waals surface area contributed by atoms with Crippen LogP contribution in [0.2, 0.25) is 10.0 Å². The number of imidazole rings is 1. The molecule has 0 fully saturated rings. The molecule has 0 spiro atoms. The van der Waals surface area contributed by atoms with Gasteiger partial charge in [-0.3, -0.25) is 18.8 Å². The molecule has 12 heteroatoms. The van der Waals surface area contributed by atoms with Crippen molar-refractivity contribution < 1.29 is 23.9 Å². The number of rotatable bonds is 10. The van der Waals surface area contributed by atoms with Crippen LogP contribution in [0.15, 0.2) is 35.1 Å². The monoisotopic (exact) mass is 584 g/mol. The van der Waals surface area contributed by atoms with Gasteiger partial charge >= 0.3 is 0 Å². The summed E-state index contributed by atoms with van der Waals surface area (Å²) in [5.74, 6) is -0.853. The first-order chi connectivity index (χ1) is 16.6. The fourth-order valence-corrected chi connectivity index (χ4v) is 4.21. The summed E-state index contributed by atoms with van der Waals surface area (Å²) in [4.78, 5) is 42.0. The number of fused-ring (bicyclic) bond motifs is 1. The second kappa shape index (κ2) is 11.9. The highest BCUT2D eigenvalue weighted by Crippen LogP contribution is 2.35. The number of ketones is 1. The smallest absolute Gasteiger partial charge is 0.246 e. The third kappa shape index (κ3) is 6.32. The van der Waals surface area contributed by atoms with E-state index in [1.807, 2.05) is 23.6 Å². The van der Waals surface area contributed by atoms with Crippen molar-refractivity contribution in [3.05, 3.63) is 56.4 Å². The first-order valence-electron chi connectivity index (χ1n) is 10.4. The molecule has 9 nitrogen and oxygen atoms in total. The summed E-state index contributed by atoms with van der Waals surface area (Å²) < 4.78 is 13.3. The van der Waals surface area contributed by atoms with E-state index in [0.717, 1.165) is 10.3 Å². The molecule has 0 saturated heterocycles. The Morgan fingerprint density at radius 1 is 1.23 bits per heavy atom.